The summed E-state index contributed by atoms with van der Waals surface area (Å²) in [7, 11) is 0. The van der Waals surface area contributed by atoms with Gasteiger partial charge in [0.15, 0.2) is 5.78 Å². The number of anilines is 1. The van der Waals surface area contributed by atoms with Crippen LogP contribution in [0.15, 0.2) is 120 Å². The third-order valence-electron chi connectivity index (χ3n) is 6.74. The first-order valence-electron chi connectivity index (χ1n) is 13.7. The minimum atomic E-state index is -0.783. The van der Waals surface area contributed by atoms with E-state index in [1.165, 1.54) is 0 Å². The molecule has 6 nitrogen and oxygen atoms in total. The molecule has 2 amide bonds. The Bertz CT molecular complexity index is 1650. The topological polar surface area (TPSA) is 99.1 Å². The SMILES string of the molecule is CCc1ccc(NC(=O)CS/C(NC(=O)c2ccccc2)=C(/C#N)C(CC(=O)c2ccccc2)c2ccccc2Cl)cc1. The molecule has 0 bridgehead atoms. The molecule has 1 unspecified atom stereocenters. The van der Waals surface area contributed by atoms with E-state index < -0.39 is 11.8 Å². The maximum absolute atomic E-state index is 13.4. The van der Waals surface area contributed by atoms with Crippen LogP contribution in [-0.4, -0.2) is 23.4 Å². The Morgan fingerprint density at radius 2 is 1.44 bits per heavy atom. The maximum Gasteiger partial charge on any atom is 0.256 e. The number of hydrogen-bond donors (Lipinski definition) is 2. The molecule has 0 aliphatic heterocycles. The van der Waals surface area contributed by atoms with E-state index in [4.69, 9.17) is 11.6 Å². The summed E-state index contributed by atoms with van der Waals surface area (Å²) < 4.78 is 0. The molecule has 4 aromatic rings. The maximum atomic E-state index is 13.4. The molecule has 216 valence electrons. The molecule has 0 radical (unpaired) electrons. The van der Waals surface area contributed by atoms with Crippen molar-refractivity contribution in [1.29, 1.82) is 5.26 Å². The van der Waals surface area contributed by atoms with Crippen LogP contribution in [0.5, 0.6) is 0 Å². The molecule has 0 saturated carbocycles. The fourth-order valence-electron chi connectivity index (χ4n) is 4.44. The first kappa shape index (κ1) is 31.3. The number of hydrogen-bond acceptors (Lipinski definition) is 5. The third-order valence-corrected chi connectivity index (χ3v) is 8.10. The van der Waals surface area contributed by atoms with Gasteiger partial charge in [-0.15, -0.1) is 0 Å². The minimum Gasteiger partial charge on any atom is -0.325 e. The Hall–Kier alpha value is -4.64. The molecule has 0 fully saturated rings. The van der Waals surface area contributed by atoms with Crippen LogP contribution in [0, 0.1) is 11.3 Å². The van der Waals surface area contributed by atoms with Gasteiger partial charge in [-0.25, -0.2) is 0 Å². The van der Waals surface area contributed by atoms with Crippen LogP contribution in [-0.2, 0) is 11.2 Å². The van der Waals surface area contributed by atoms with E-state index in [-0.39, 0.29) is 34.5 Å². The molecule has 4 aromatic carbocycles. The Morgan fingerprint density at radius 1 is 0.837 bits per heavy atom. The van der Waals surface area contributed by atoms with Crippen molar-refractivity contribution in [3.8, 4) is 6.07 Å². The number of halogens is 1. The van der Waals surface area contributed by atoms with E-state index in [1.54, 1.807) is 78.9 Å². The van der Waals surface area contributed by atoms with Crippen molar-refractivity contribution in [2.24, 2.45) is 0 Å². The lowest BCUT2D eigenvalue weighted by atomic mass is 9.86. The van der Waals surface area contributed by atoms with Crippen LogP contribution in [0.25, 0.3) is 0 Å². The van der Waals surface area contributed by atoms with Gasteiger partial charge in [-0.3, -0.25) is 14.4 Å². The zero-order valence-electron chi connectivity index (χ0n) is 23.5. The third kappa shape index (κ3) is 8.68. The highest BCUT2D eigenvalue weighted by atomic mass is 35.5. The van der Waals surface area contributed by atoms with E-state index in [2.05, 4.69) is 23.6 Å². The van der Waals surface area contributed by atoms with E-state index in [1.807, 2.05) is 30.3 Å². The lowest BCUT2D eigenvalue weighted by Gasteiger charge is -2.21. The summed E-state index contributed by atoms with van der Waals surface area (Å²) >= 11 is 7.62. The van der Waals surface area contributed by atoms with Crippen LogP contribution in [0.3, 0.4) is 0 Å². The Kier molecular flexibility index (Phi) is 11.3. The van der Waals surface area contributed by atoms with Gasteiger partial charge in [0.25, 0.3) is 5.91 Å². The fraction of sp³-hybridized carbons (Fsp3) is 0.143. The number of allylic oxidation sites excluding steroid dienone is 1. The van der Waals surface area contributed by atoms with Crippen LogP contribution in [0.2, 0.25) is 5.02 Å². The van der Waals surface area contributed by atoms with Crippen LogP contribution in [0.1, 0.15) is 51.1 Å². The van der Waals surface area contributed by atoms with Gasteiger partial charge < -0.3 is 10.6 Å². The van der Waals surface area contributed by atoms with Gasteiger partial charge in [0.2, 0.25) is 5.91 Å². The number of carbonyl (C=O) groups is 3. The number of aryl methyl sites for hydroxylation is 1. The van der Waals surface area contributed by atoms with E-state index in [9.17, 15) is 19.6 Å². The van der Waals surface area contributed by atoms with Crippen molar-refractivity contribution in [3.05, 3.63) is 147 Å². The minimum absolute atomic E-state index is 0.0715. The summed E-state index contributed by atoms with van der Waals surface area (Å²) in [5, 5.41) is 16.8. The van der Waals surface area contributed by atoms with Gasteiger partial charge in [-0.1, -0.05) is 109 Å². The molecule has 8 heteroatoms. The molecule has 0 saturated heterocycles. The average molecular weight is 608 g/mol. The lowest BCUT2D eigenvalue weighted by Crippen LogP contribution is -2.25. The molecule has 0 heterocycles. The van der Waals surface area contributed by atoms with Crippen LogP contribution < -0.4 is 10.6 Å². The predicted molar refractivity (Wildman–Crippen MR) is 173 cm³/mol. The van der Waals surface area contributed by atoms with Crippen molar-refractivity contribution in [1.82, 2.24) is 5.32 Å². The van der Waals surface area contributed by atoms with Gasteiger partial charge in [-0.05, 0) is 47.9 Å². The number of Topliss-reactive ketones (excluding diaryl/α,β-unsaturated/α-hetero) is 1. The standard InChI is InChI=1S/C35H30ClN3O3S/c1-2-24-17-19-27(20-18-24)38-33(41)23-43-35(39-34(42)26-13-7-4-8-14-26)30(22-37)29(28-15-9-10-16-31(28)36)21-32(40)25-11-5-3-6-12-25/h3-20,29H,2,21,23H2,1H3,(H,38,41)(H,39,42)/b35-30-. The quantitative estimate of drug-likeness (QED) is 0.126. The molecule has 43 heavy (non-hydrogen) atoms. The Morgan fingerprint density at radius 3 is 2.05 bits per heavy atom. The van der Waals surface area contributed by atoms with Crippen LogP contribution >= 0.6 is 23.4 Å². The summed E-state index contributed by atoms with van der Waals surface area (Å²) in [5.41, 5.74) is 3.37. The molecular formula is C35H30ClN3O3S. The molecule has 2 N–H and O–H groups in total. The van der Waals surface area contributed by atoms with E-state index in [0.29, 0.717) is 27.4 Å². The van der Waals surface area contributed by atoms with Gasteiger partial charge in [-0.2, -0.15) is 5.26 Å². The zero-order chi connectivity index (χ0) is 30.6. The molecular weight excluding hydrogens is 578 g/mol. The number of rotatable bonds is 12. The summed E-state index contributed by atoms with van der Waals surface area (Å²) in [6.45, 7) is 2.05. The summed E-state index contributed by atoms with van der Waals surface area (Å²) in [4.78, 5) is 39.7. The van der Waals surface area contributed by atoms with Crippen LogP contribution in [0.4, 0.5) is 5.69 Å². The van der Waals surface area contributed by atoms with Gasteiger partial charge in [0.05, 0.1) is 22.4 Å². The fourth-order valence-corrected chi connectivity index (χ4v) is 5.57. The average Bonchev–Trinajstić information content (AvgIpc) is 3.04. The van der Waals surface area contributed by atoms with Gasteiger partial charge in [0, 0.05) is 34.2 Å². The normalized spacial score (nSPS) is 11.9. The lowest BCUT2D eigenvalue weighted by molar-refractivity contribution is -0.113. The Labute approximate surface area is 260 Å². The molecule has 0 aliphatic rings. The molecule has 1 atom stereocenters. The number of benzene rings is 4. The molecule has 4 rings (SSSR count). The smallest absolute Gasteiger partial charge is 0.256 e. The number of nitriles is 1. The highest BCUT2D eigenvalue weighted by molar-refractivity contribution is 8.03. The number of thioether (sulfide) groups is 1. The number of ketones is 1. The summed E-state index contributed by atoms with van der Waals surface area (Å²) in [6, 6.07) is 34.1. The highest BCUT2D eigenvalue weighted by Crippen LogP contribution is 2.37. The molecule has 0 spiro atoms. The Balaban J connectivity index is 1.70. The van der Waals surface area contributed by atoms with E-state index in [0.717, 1.165) is 23.7 Å². The van der Waals surface area contributed by atoms with Gasteiger partial charge >= 0.3 is 0 Å². The second-order valence-corrected chi connectivity index (χ2v) is 11.0. The predicted octanol–water partition coefficient (Wildman–Crippen LogP) is 7.80. The first-order valence-corrected chi connectivity index (χ1v) is 15.1. The summed E-state index contributed by atoms with van der Waals surface area (Å²) in [6.07, 6.45) is 0.813. The van der Waals surface area contributed by atoms with Crippen molar-refractivity contribution < 1.29 is 14.4 Å². The van der Waals surface area contributed by atoms with Gasteiger partial charge in [0.1, 0.15) is 0 Å². The second kappa shape index (κ2) is 15.5. The van der Waals surface area contributed by atoms with Crippen molar-refractivity contribution in [3.63, 3.8) is 0 Å². The zero-order valence-corrected chi connectivity index (χ0v) is 25.1. The summed E-state index contributed by atoms with van der Waals surface area (Å²) in [5.74, 6) is -1.82. The molecule has 0 aromatic heterocycles. The van der Waals surface area contributed by atoms with E-state index >= 15 is 0 Å². The van der Waals surface area contributed by atoms with Crippen molar-refractivity contribution in [2.45, 2.75) is 25.7 Å². The second-order valence-electron chi connectivity index (χ2n) is 9.63. The molecule has 0 aliphatic carbocycles. The number of amides is 2. The monoisotopic (exact) mass is 607 g/mol. The number of carbonyl (C=O) groups excluding carboxylic acids is 3. The van der Waals surface area contributed by atoms with Crippen molar-refractivity contribution >= 4 is 46.6 Å². The largest absolute Gasteiger partial charge is 0.325 e. The number of nitrogens with one attached hydrogen (secondary N) is 2. The first-order chi connectivity index (χ1) is 20.9. The van der Waals surface area contributed by atoms with Crippen molar-refractivity contribution in [2.75, 3.05) is 11.1 Å². The number of nitrogens with zero attached hydrogens (tertiary/aromatic N) is 1. The highest BCUT2D eigenvalue weighted by Gasteiger charge is 2.28.